The van der Waals surface area contributed by atoms with Gasteiger partial charge in [-0.1, -0.05) is 18.2 Å². The number of rotatable bonds is 8. The Morgan fingerprint density at radius 2 is 1.40 bits per heavy atom. The Bertz CT molecular complexity index is 2080. The van der Waals surface area contributed by atoms with E-state index in [-0.39, 0.29) is 5.91 Å². The van der Waals surface area contributed by atoms with E-state index < -0.39 is 16.1 Å². The molecule has 1 aliphatic rings. The fourth-order valence-corrected chi connectivity index (χ4v) is 5.92. The van der Waals surface area contributed by atoms with Crippen molar-refractivity contribution in [3.63, 3.8) is 0 Å². The summed E-state index contributed by atoms with van der Waals surface area (Å²) in [6.45, 7) is 2.58. The molecule has 246 valence electrons. The Balaban J connectivity index is 1.25. The van der Waals surface area contributed by atoms with Gasteiger partial charge in [0, 0.05) is 60.8 Å². The molecule has 12 nitrogen and oxygen atoms in total. The van der Waals surface area contributed by atoms with Crippen LogP contribution in [0.25, 0.3) is 33.4 Å². The second kappa shape index (κ2) is 13.7. The van der Waals surface area contributed by atoms with E-state index in [1.807, 2.05) is 36.4 Å². The van der Waals surface area contributed by atoms with E-state index in [0.717, 1.165) is 39.7 Å². The maximum absolute atomic E-state index is 12.7. The summed E-state index contributed by atoms with van der Waals surface area (Å²) < 4.78 is 31.7. The number of anilines is 4. The van der Waals surface area contributed by atoms with Crippen LogP contribution in [0.5, 0.6) is 0 Å². The number of amides is 3. The molecule has 0 radical (unpaired) electrons. The minimum Gasteiger partial charge on any atom is -0.378 e. The molecule has 0 aliphatic carbocycles. The first-order valence-electron chi connectivity index (χ1n) is 15.3. The molecular formula is C35H35N7O5S. The van der Waals surface area contributed by atoms with Crippen molar-refractivity contribution in [1.82, 2.24) is 14.9 Å². The molecule has 3 amide bonds. The predicted molar refractivity (Wildman–Crippen MR) is 189 cm³/mol. The highest BCUT2D eigenvalue weighted by atomic mass is 32.2. The van der Waals surface area contributed by atoms with Crippen LogP contribution in [0.2, 0.25) is 0 Å². The van der Waals surface area contributed by atoms with Gasteiger partial charge < -0.3 is 25.2 Å². The third-order valence-electron chi connectivity index (χ3n) is 7.68. The number of hydrogen-bond donors (Lipinski definition) is 3. The van der Waals surface area contributed by atoms with Crippen molar-refractivity contribution in [2.24, 2.45) is 0 Å². The van der Waals surface area contributed by atoms with Gasteiger partial charge in [-0.15, -0.1) is 0 Å². The first-order chi connectivity index (χ1) is 23.0. The molecule has 0 bridgehead atoms. The SMILES string of the molecule is CN(C)C(=O)c1ccc(NC(=O)Nc2ccc(-c3nc(N4CCOCC4)c4ccc(-c5cccc(NS(C)(=O)=O)c5)cc4n3)cc2)cc1. The maximum atomic E-state index is 12.7. The summed E-state index contributed by atoms with van der Waals surface area (Å²) in [6.07, 6.45) is 1.12. The summed E-state index contributed by atoms with van der Waals surface area (Å²) in [4.78, 5) is 38.4. The molecular weight excluding hydrogens is 630 g/mol. The Morgan fingerprint density at radius 1 is 0.771 bits per heavy atom. The molecule has 1 aromatic heterocycles. The van der Waals surface area contributed by atoms with Crippen LogP contribution in [0.1, 0.15) is 10.4 Å². The van der Waals surface area contributed by atoms with Crippen molar-refractivity contribution in [1.29, 1.82) is 0 Å². The highest BCUT2D eigenvalue weighted by Crippen LogP contribution is 2.32. The van der Waals surface area contributed by atoms with Crippen LogP contribution >= 0.6 is 0 Å². The minimum atomic E-state index is -3.42. The fourth-order valence-electron chi connectivity index (χ4n) is 5.36. The lowest BCUT2D eigenvalue weighted by Gasteiger charge is -2.29. The monoisotopic (exact) mass is 665 g/mol. The smallest absolute Gasteiger partial charge is 0.323 e. The van der Waals surface area contributed by atoms with E-state index in [1.165, 1.54) is 4.90 Å². The number of morpholine rings is 1. The second-order valence-electron chi connectivity index (χ2n) is 11.6. The maximum Gasteiger partial charge on any atom is 0.323 e. The highest BCUT2D eigenvalue weighted by molar-refractivity contribution is 7.92. The molecule has 48 heavy (non-hydrogen) atoms. The third kappa shape index (κ3) is 7.70. The predicted octanol–water partition coefficient (Wildman–Crippen LogP) is 5.52. The number of benzene rings is 4. The lowest BCUT2D eigenvalue weighted by atomic mass is 10.0. The number of aromatic nitrogens is 2. The second-order valence-corrected chi connectivity index (χ2v) is 13.3. The van der Waals surface area contributed by atoms with Gasteiger partial charge >= 0.3 is 6.03 Å². The number of ether oxygens (including phenoxy) is 1. The van der Waals surface area contributed by atoms with Gasteiger partial charge in [0.15, 0.2) is 5.82 Å². The number of carbonyl (C=O) groups excluding carboxylic acids is 2. The number of nitrogens with zero attached hydrogens (tertiary/aromatic N) is 4. The van der Waals surface area contributed by atoms with Crippen molar-refractivity contribution < 1.29 is 22.7 Å². The largest absolute Gasteiger partial charge is 0.378 e. The van der Waals surface area contributed by atoms with Gasteiger partial charge in [0.25, 0.3) is 5.91 Å². The molecule has 3 N–H and O–H groups in total. The third-order valence-corrected chi connectivity index (χ3v) is 8.29. The minimum absolute atomic E-state index is 0.117. The van der Waals surface area contributed by atoms with Gasteiger partial charge in [-0.05, 0) is 83.9 Å². The van der Waals surface area contributed by atoms with Crippen molar-refractivity contribution in [3.8, 4) is 22.5 Å². The van der Waals surface area contributed by atoms with E-state index in [4.69, 9.17) is 14.7 Å². The van der Waals surface area contributed by atoms with E-state index in [0.29, 0.717) is 54.8 Å². The summed E-state index contributed by atoms with van der Waals surface area (Å²) in [5, 5.41) is 6.50. The van der Waals surface area contributed by atoms with Crippen LogP contribution in [-0.2, 0) is 14.8 Å². The number of nitrogens with one attached hydrogen (secondary N) is 3. The van der Waals surface area contributed by atoms with Crippen molar-refractivity contribution in [2.75, 3.05) is 66.9 Å². The topological polar surface area (TPSA) is 146 Å². The molecule has 0 atom stereocenters. The summed E-state index contributed by atoms with van der Waals surface area (Å²) in [6, 6.07) is 26.7. The van der Waals surface area contributed by atoms with E-state index >= 15 is 0 Å². The number of hydrogen-bond acceptors (Lipinski definition) is 8. The Morgan fingerprint density at radius 3 is 2.04 bits per heavy atom. The number of urea groups is 1. The Hall–Kier alpha value is -5.53. The zero-order chi connectivity index (χ0) is 33.8. The van der Waals surface area contributed by atoms with E-state index in [9.17, 15) is 18.0 Å². The van der Waals surface area contributed by atoms with Crippen molar-refractivity contribution in [2.45, 2.75) is 0 Å². The lowest BCUT2D eigenvalue weighted by molar-refractivity contribution is 0.0827. The highest BCUT2D eigenvalue weighted by Gasteiger charge is 2.19. The van der Waals surface area contributed by atoms with Gasteiger partial charge in [-0.2, -0.15) is 0 Å². The summed E-state index contributed by atoms with van der Waals surface area (Å²) >= 11 is 0. The molecule has 6 rings (SSSR count). The van der Waals surface area contributed by atoms with Gasteiger partial charge in [-0.25, -0.2) is 23.2 Å². The van der Waals surface area contributed by atoms with Crippen LogP contribution in [0.15, 0.2) is 91.0 Å². The molecule has 5 aromatic rings. The Kier molecular flexibility index (Phi) is 9.24. The molecule has 1 saturated heterocycles. The number of carbonyl (C=O) groups is 2. The summed E-state index contributed by atoms with van der Waals surface area (Å²) in [5.74, 6) is 1.21. The molecule has 4 aromatic carbocycles. The molecule has 13 heteroatoms. The molecule has 0 spiro atoms. The molecule has 2 heterocycles. The van der Waals surface area contributed by atoms with Gasteiger partial charge in [0.1, 0.15) is 5.82 Å². The van der Waals surface area contributed by atoms with Crippen LogP contribution in [0.3, 0.4) is 0 Å². The van der Waals surface area contributed by atoms with Crippen molar-refractivity contribution >= 4 is 55.7 Å². The quantitative estimate of drug-likeness (QED) is 0.197. The van der Waals surface area contributed by atoms with Crippen LogP contribution in [0.4, 0.5) is 27.7 Å². The average molecular weight is 666 g/mol. The van der Waals surface area contributed by atoms with Crippen LogP contribution < -0.4 is 20.3 Å². The first-order valence-corrected chi connectivity index (χ1v) is 17.1. The van der Waals surface area contributed by atoms with E-state index in [1.54, 1.807) is 68.7 Å². The zero-order valence-electron chi connectivity index (χ0n) is 26.7. The average Bonchev–Trinajstić information content (AvgIpc) is 3.07. The van der Waals surface area contributed by atoms with Crippen molar-refractivity contribution in [3.05, 3.63) is 96.6 Å². The van der Waals surface area contributed by atoms with Crippen LogP contribution in [-0.4, -0.2) is 81.9 Å². The molecule has 1 fully saturated rings. The van der Waals surface area contributed by atoms with Gasteiger partial charge in [-0.3, -0.25) is 9.52 Å². The van der Waals surface area contributed by atoms with E-state index in [2.05, 4.69) is 20.3 Å². The zero-order valence-corrected chi connectivity index (χ0v) is 27.5. The number of sulfonamides is 1. The lowest BCUT2D eigenvalue weighted by Crippen LogP contribution is -2.37. The molecule has 1 aliphatic heterocycles. The molecule has 0 unspecified atom stereocenters. The summed E-state index contributed by atoms with van der Waals surface area (Å²) in [5.41, 5.74) is 5.36. The standard InChI is InChI=1S/C35H35N7O5S/c1-41(2)34(43)24-9-14-28(15-10-24)37-35(44)36-27-12-7-23(8-13-27)32-38-31-22-26(25-5-4-6-29(21-25)40-48(3,45)46)11-16-30(31)33(39-32)42-17-19-47-20-18-42/h4-16,21-22,40H,17-20H2,1-3H3,(H2,36,37,44). The van der Waals surface area contributed by atoms with Gasteiger partial charge in [0.05, 0.1) is 25.0 Å². The fraction of sp³-hybridized carbons (Fsp3) is 0.200. The normalized spacial score (nSPS) is 13.2. The number of fused-ring (bicyclic) bond motifs is 1. The van der Waals surface area contributed by atoms with Gasteiger partial charge in [0.2, 0.25) is 10.0 Å². The molecule has 0 saturated carbocycles. The Labute approximate surface area is 278 Å². The summed E-state index contributed by atoms with van der Waals surface area (Å²) in [7, 11) is -0.0522. The first kappa shape index (κ1) is 32.4. The van der Waals surface area contributed by atoms with Crippen LogP contribution in [0, 0.1) is 0 Å².